The summed E-state index contributed by atoms with van der Waals surface area (Å²) in [5, 5.41) is 13.0. The van der Waals surface area contributed by atoms with Crippen LogP contribution in [0.1, 0.15) is 39.9 Å². The Morgan fingerprint density at radius 1 is 1.13 bits per heavy atom. The van der Waals surface area contributed by atoms with E-state index < -0.39 is 5.91 Å². The van der Waals surface area contributed by atoms with Crippen molar-refractivity contribution < 1.29 is 14.0 Å². The zero-order valence-corrected chi connectivity index (χ0v) is 13.6. The number of benzene rings is 1. The number of nitrogens with zero attached hydrogens (tertiary/aromatic N) is 2. The molecule has 23 heavy (non-hydrogen) atoms. The van der Waals surface area contributed by atoms with Crippen LogP contribution in [0.25, 0.3) is 0 Å². The van der Waals surface area contributed by atoms with E-state index >= 15 is 0 Å². The molecule has 1 heterocycles. The molecule has 1 aromatic carbocycles. The SMILES string of the molecule is CC(C)CCNC(=O)c1nnc(C(=O)Nc2ccc(F)cc2)s1. The fraction of sp³-hybridized carbons (Fsp3) is 0.333. The summed E-state index contributed by atoms with van der Waals surface area (Å²) < 4.78 is 12.8. The van der Waals surface area contributed by atoms with Crippen LogP contribution in [-0.2, 0) is 0 Å². The third-order valence-electron chi connectivity index (χ3n) is 2.92. The predicted molar refractivity (Wildman–Crippen MR) is 86.1 cm³/mol. The Hall–Kier alpha value is -2.35. The van der Waals surface area contributed by atoms with Crippen LogP contribution in [0.2, 0.25) is 0 Å². The molecule has 0 unspecified atom stereocenters. The Morgan fingerprint density at radius 3 is 2.35 bits per heavy atom. The molecule has 0 spiro atoms. The van der Waals surface area contributed by atoms with E-state index in [4.69, 9.17) is 0 Å². The minimum absolute atomic E-state index is 0.0725. The highest BCUT2D eigenvalue weighted by molar-refractivity contribution is 7.15. The normalized spacial score (nSPS) is 10.6. The smallest absolute Gasteiger partial charge is 0.286 e. The van der Waals surface area contributed by atoms with Gasteiger partial charge in [0.05, 0.1) is 0 Å². The highest BCUT2D eigenvalue weighted by Gasteiger charge is 2.17. The van der Waals surface area contributed by atoms with Gasteiger partial charge >= 0.3 is 0 Å². The zero-order chi connectivity index (χ0) is 16.8. The third kappa shape index (κ3) is 5.10. The summed E-state index contributed by atoms with van der Waals surface area (Å²) in [6, 6.07) is 5.36. The molecule has 2 rings (SSSR count). The highest BCUT2D eigenvalue weighted by atomic mass is 32.1. The van der Waals surface area contributed by atoms with Gasteiger partial charge in [-0.1, -0.05) is 25.2 Å². The van der Waals surface area contributed by atoms with E-state index in [9.17, 15) is 14.0 Å². The lowest BCUT2D eigenvalue weighted by Crippen LogP contribution is -2.25. The van der Waals surface area contributed by atoms with Gasteiger partial charge in [-0.25, -0.2) is 4.39 Å². The molecule has 0 atom stereocenters. The second kappa shape index (κ2) is 7.77. The van der Waals surface area contributed by atoms with Crippen LogP contribution in [0, 0.1) is 11.7 Å². The summed E-state index contributed by atoms with van der Waals surface area (Å²) in [5.74, 6) is -0.736. The molecule has 0 aliphatic rings. The standard InChI is InChI=1S/C15H17FN4O2S/c1-9(2)7-8-17-12(21)14-19-20-15(23-14)13(22)18-11-5-3-10(16)4-6-11/h3-6,9H,7-8H2,1-2H3,(H,17,21)(H,18,22). The number of hydrogen-bond acceptors (Lipinski definition) is 5. The first kappa shape index (κ1) is 17.0. The van der Waals surface area contributed by atoms with Gasteiger partial charge in [0.15, 0.2) is 0 Å². The number of rotatable bonds is 6. The molecule has 0 radical (unpaired) electrons. The van der Waals surface area contributed by atoms with E-state index in [1.54, 1.807) is 0 Å². The zero-order valence-electron chi connectivity index (χ0n) is 12.8. The molecule has 2 aromatic rings. The Labute approximate surface area is 137 Å². The number of carbonyl (C=O) groups excluding carboxylic acids is 2. The summed E-state index contributed by atoms with van der Waals surface area (Å²) in [4.78, 5) is 23.9. The van der Waals surface area contributed by atoms with Crippen LogP contribution in [0.4, 0.5) is 10.1 Å². The van der Waals surface area contributed by atoms with E-state index in [2.05, 4.69) is 34.7 Å². The average Bonchev–Trinajstić information content (AvgIpc) is 2.99. The van der Waals surface area contributed by atoms with Gasteiger partial charge in [-0.05, 0) is 36.6 Å². The molecule has 2 N–H and O–H groups in total. The molecule has 2 amide bonds. The van der Waals surface area contributed by atoms with E-state index in [1.165, 1.54) is 24.3 Å². The van der Waals surface area contributed by atoms with Crippen molar-refractivity contribution in [1.82, 2.24) is 15.5 Å². The van der Waals surface area contributed by atoms with Gasteiger partial charge in [0.1, 0.15) is 5.82 Å². The fourth-order valence-electron chi connectivity index (χ4n) is 1.67. The summed E-state index contributed by atoms with van der Waals surface area (Å²) in [5.41, 5.74) is 0.439. The van der Waals surface area contributed by atoms with Gasteiger partial charge in [0, 0.05) is 12.2 Å². The van der Waals surface area contributed by atoms with Crippen molar-refractivity contribution in [2.75, 3.05) is 11.9 Å². The number of aromatic nitrogens is 2. The van der Waals surface area contributed by atoms with Crippen LogP contribution in [0.5, 0.6) is 0 Å². The second-order valence-electron chi connectivity index (χ2n) is 5.31. The minimum Gasteiger partial charge on any atom is -0.350 e. The number of anilines is 1. The lowest BCUT2D eigenvalue weighted by Gasteiger charge is -2.04. The molecule has 0 fully saturated rings. The molecule has 0 aliphatic heterocycles. The van der Waals surface area contributed by atoms with Crippen molar-refractivity contribution >= 4 is 28.8 Å². The third-order valence-corrected chi connectivity index (χ3v) is 3.84. The van der Waals surface area contributed by atoms with Gasteiger partial charge in [-0.3, -0.25) is 9.59 Å². The van der Waals surface area contributed by atoms with Crippen molar-refractivity contribution in [3.05, 3.63) is 40.1 Å². The molecule has 8 heteroatoms. The maximum atomic E-state index is 12.8. The van der Waals surface area contributed by atoms with Crippen LogP contribution in [-0.4, -0.2) is 28.6 Å². The largest absolute Gasteiger partial charge is 0.350 e. The fourth-order valence-corrected chi connectivity index (χ4v) is 2.33. The number of nitrogens with one attached hydrogen (secondary N) is 2. The van der Waals surface area contributed by atoms with Gasteiger partial charge < -0.3 is 10.6 Å². The van der Waals surface area contributed by atoms with Crippen molar-refractivity contribution in [2.45, 2.75) is 20.3 Å². The molecule has 1 aromatic heterocycles. The summed E-state index contributed by atoms with van der Waals surface area (Å²) in [6.07, 6.45) is 0.864. The van der Waals surface area contributed by atoms with Gasteiger partial charge in [0.2, 0.25) is 10.0 Å². The molecular weight excluding hydrogens is 319 g/mol. The lowest BCUT2D eigenvalue weighted by molar-refractivity contribution is 0.0949. The minimum atomic E-state index is -0.490. The summed E-state index contributed by atoms with van der Waals surface area (Å²) >= 11 is 0.910. The maximum absolute atomic E-state index is 12.8. The predicted octanol–water partition coefficient (Wildman–Crippen LogP) is 2.71. The first-order valence-corrected chi connectivity index (χ1v) is 7.96. The van der Waals surface area contributed by atoms with Crippen molar-refractivity contribution in [3.8, 4) is 0 Å². The Morgan fingerprint density at radius 2 is 1.74 bits per heavy atom. The summed E-state index contributed by atoms with van der Waals surface area (Å²) in [7, 11) is 0. The topological polar surface area (TPSA) is 84.0 Å². The van der Waals surface area contributed by atoms with Crippen molar-refractivity contribution in [1.29, 1.82) is 0 Å². The number of hydrogen-bond donors (Lipinski definition) is 2. The van der Waals surface area contributed by atoms with E-state index in [-0.39, 0.29) is 21.7 Å². The Kier molecular flexibility index (Phi) is 5.75. The monoisotopic (exact) mass is 336 g/mol. The highest BCUT2D eigenvalue weighted by Crippen LogP contribution is 2.14. The maximum Gasteiger partial charge on any atom is 0.286 e. The Balaban J connectivity index is 1.94. The molecule has 0 saturated heterocycles. The van der Waals surface area contributed by atoms with Gasteiger partial charge in [0.25, 0.3) is 11.8 Å². The molecule has 0 aliphatic carbocycles. The molecule has 0 bridgehead atoms. The molecule has 0 saturated carbocycles. The lowest BCUT2D eigenvalue weighted by atomic mass is 10.1. The van der Waals surface area contributed by atoms with E-state index in [0.29, 0.717) is 18.2 Å². The quantitative estimate of drug-likeness (QED) is 0.849. The van der Waals surface area contributed by atoms with Crippen molar-refractivity contribution in [2.24, 2.45) is 5.92 Å². The van der Waals surface area contributed by atoms with Crippen LogP contribution < -0.4 is 10.6 Å². The number of carbonyl (C=O) groups is 2. The van der Waals surface area contributed by atoms with Crippen molar-refractivity contribution in [3.63, 3.8) is 0 Å². The molecule has 122 valence electrons. The first-order valence-electron chi connectivity index (χ1n) is 7.14. The first-order chi connectivity index (χ1) is 11.0. The van der Waals surface area contributed by atoms with Crippen LogP contribution in [0.15, 0.2) is 24.3 Å². The number of amides is 2. The average molecular weight is 336 g/mol. The molecule has 6 nitrogen and oxygen atoms in total. The second-order valence-corrected chi connectivity index (χ2v) is 6.29. The summed E-state index contributed by atoms with van der Waals surface area (Å²) in [6.45, 7) is 4.68. The van der Waals surface area contributed by atoms with Gasteiger partial charge in [-0.15, -0.1) is 10.2 Å². The van der Waals surface area contributed by atoms with Gasteiger partial charge in [-0.2, -0.15) is 0 Å². The van der Waals surface area contributed by atoms with Crippen LogP contribution >= 0.6 is 11.3 Å². The van der Waals surface area contributed by atoms with E-state index in [0.717, 1.165) is 17.8 Å². The molecular formula is C15H17FN4O2S. The number of halogens is 1. The van der Waals surface area contributed by atoms with E-state index in [1.807, 2.05) is 0 Å². The van der Waals surface area contributed by atoms with Crippen LogP contribution in [0.3, 0.4) is 0 Å². The Bertz CT molecular complexity index is 685.